The maximum absolute atomic E-state index is 12.3. The number of carbonyl (C=O) groups excluding carboxylic acids is 1. The van der Waals surface area contributed by atoms with Crippen LogP contribution in [0.3, 0.4) is 0 Å². The van der Waals surface area contributed by atoms with Crippen molar-refractivity contribution in [3.05, 3.63) is 29.0 Å². The number of H-pyrrole nitrogens is 1. The number of nitrogens with zero attached hydrogens (tertiary/aromatic N) is 3. The van der Waals surface area contributed by atoms with Crippen LogP contribution in [0.25, 0.3) is 11.0 Å². The van der Waals surface area contributed by atoms with Crippen molar-refractivity contribution in [2.24, 2.45) is 5.92 Å². The first-order valence-corrected chi connectivity index (χ1v) is 9.17. The molecule has 2 amide bonds. The van der Waals surface area contributed by atoms with E-state index < -0.39 is 0 Å². The van der Waals surface area contributed by atoms with Crippen LogP contribution >= 0.6 is 11.6 Å². The number of fused-ring (bicyclic) bond motifs is 1. The van der Waals surface area contributed by atoms with E-state index in [0.29, 0.717) is 23.5 Å². The van der Waals surface area contributed by atoms with Gasteiger partial charge in [-0.05, 0) is 50.9 Å². The van der Waals surface area contributed by atoms with E-state index in [2.05, 4.69) is 34.0 Å². The molecular formula is C18H26ClN5O. The van der Waals surface area contributed by atoms with Crippen LogP contribution in [0.2, 0.25) is 5.02 Å². The summed E-state index contributed by atoms with van der Waals surface area (Å²) in [5, 5.41) is 3.71. The minimum atomic E-state index is -0.0681. The standard InChI is InChI=1S/C18H26ClN5O/c1-12(2)24-7-6-13(10-24)9-20-18(25)23(3)11-17-21-15-5-4-14(19)8-16(15)22-17/h4-5,8,12-13H,6-7,9-11H2,1-3H3,(H,20,25)(H,21,22). The van der Waals surface area contributed by atoms with E-state index in [1.54, 1.807) is 11.9 Å². The van der Waals surface area contributed by atoms with Gasteiger partial charge >= 0.3 is 6.03 Å². The molecule has 1 aliphatic heterocycles. The van der Waals surface area contributed by atoms with Crippen LogP contribution in [0.1, 0.15) is 26.1 Å². The van der Waals surface area contributed by atoms with Gasteiger partial charge in [0.2, 0.25) is 0 Å². The summed E-state index contributed by atoms with van der Waals surface area (Å²) in [6.45, 7) is 7.77. The Morgan fingerprint density at radius 3 is 3.04 bits per heavy atom. The molecule has 0 radical (unpaired) electrons. The van der Waals surface area contributed by atoms with Gasteiger partial charge in [-0.1, -0.05) is 11.6 Å². The number of imidazole rings is 1. The molecule has 136 valence electrons. The van der Waals surface area contributed by atoms with Crippen molar-refractivity contribution in [1.29, 1.82) is 0 Å². The van der Waals surface area contributed by atoms with Crippen LogP contribution in [-0.2, 0) is 6.54 Å². The topological polar surface area (TPSA) is 64.3 Å². The molecule has 25 heavy (non-hydrogen) atoms. The monoisotopic (exact) mass is 363 g/mol. The second kappa shape index (κ2) is 7.62. The fourth-order valence-corrected chi connectivity index (χ4v) is 3.44. The largest absolute Gasteiger partial charge is 0.340 e. The Balaban J connectivity index is 1.50. The molecule has 0 aliphatic carbocycles. The summed E-state index contributed by atoms with van der Waals surface area (Å²) in [5.74, 6) is 1.29. The first-order valence-electron chi connectivity index (χ1n) is 8.79. The van der Waals surface area contributed by atoms with E-state index in [0.717, 1.165) is 42.9 Å². The second-order valence-electron chi connectivity index (χ2n) is 7.13. The number of halogens is 1. The fourth-order valence-electron chi connectivity index (χ4n) is 3.27. The maximum atomic E-state index is 12.3. The number of aromatic nitrogens is 2. The molecule has 6 nitrogen and oxygen atoms in total. The van der Waals surface area contributed by atoms with Crippen LogP contribution in [0.15, 0.2) is 18.2 Å². The number of rotatable bonds is 5. The highest BCUT2D eigenvalue weighted by molar-refractivity contribution is 6.31. The lowest BCUT2D eigenvalue weighted by molar-refractivity contribution is 0.203. The zero-order valence-electron chi connectivity index (χ0n) is 15.1. The highest BCUT2D eigenvalue weighted by Gasteiger charge is 2.24. The summed E-state index contributed by atoms with van der Waals surface area (Å²) >= 11 is 5.99. The molecule has 1 aromatic carbocycles. The SMILES string of the molecule is CC(C)N1CCC(CNC(=O)N(C)Cc2nc3ccc(Cl)cc3[nH]2)C1. The Labute approximate surface area is 153 Å². The number of urea groups is 1. The number of hydrogen-bond donors (Lipinski definition) is 2. The molecule has 1 fully saturated rings. The third-order valence-electron chi connectivity index (χ3n) is 4.82. The summed E-state index contributed by atoms with van der Waals surface area (Å²) in [7, 11) is 1.78. The van der Waals surface area contributed by atoms with Crippen molar-refractivity contribution in [1.82, 2.24) is 25.1 Å². The van der Waals surface area contributed by atoms with Crippen LogP contribution in [0.4, 0.5) is 4.79 Å². The van der Waals surface area contributed by atoms with Crippen LogP contribution in [0.5, 0.6) is 0 Å². The van der Waals surface area contributed by atoms with Gasteiger partial charge in [0.15, 0.2) is 0 Å². The highest BCUT2D eigenvalue weighted by atomic mass is 35.5. The van der Waals surface area contributed by atoms with E-state index in [1.807, 2.05) is 18.2 Å². The first kappa shape index (κ1) is 18.0. The molecule has 1 aromatic heterocycles. The minimum Gasteiger partial charge on any atom is -0.340 e. The molecule has 2 aromatic rings. The van der Waals surface area contributed by atoms with Gasteiger partial charge in [-0.2, -0.15) is 0 Å². The normalized spacial score (nSPS) is 18.2. The summed E-state index contributed by atoms with van der Waals surface area (Å²) in [4.78, 5) is 24.1. The predicted molar refractivity (Wildman–Crippen MR) is 101 cm³/mol. The number of amides is 2. The maximum Gasteiger partial charge on any atom is 0.317 e. The number of benzene rings is 1. The van der Waals surface area contributed by atoms with Gasteiger partial charge in [0.05, 0.1) is 17.6 Å². The van der Waals surface area contributed by atoms with Crippen LogP contribution < -0.4 is 5.32 Å². The summed E-state index contributed by atoms with van der Waals surface area (Å²) < 4.78 is 0. The molecule has 1 saturated heterocycles. The summed E-state index contributed by atoms with van der Waals surface area (Å²) in [6, 6.07) is 6.03. The molecule has 1 atom stereocenters. The Morgan fingerprint density at radius 1 is 1.52 bits per heavy atom. The summed E-state index contributed by atoms with van der Waals surface area (Å²) in [6.07, 6.45) is 1.15. The van der Waals surface area contributed by atoms with Gasteiger partial charge in [0, 0.05) is 31.2 Å². The Kier molecular flexibility index (Phi) is 5.49. The van der Waals surface area contributed by atoms with E-state index in [-0.39, 0.29) is 6.03 Å². The van der Waals surface area contributed by atoms with Gasteiger partial charge in [0.25, 0.3) is 0 Å². The lowest BCUT2D eigenvalue weighted by Crippen LogP contribution is -2.40. The molecule has 2 N–H and O–H groups in total. The van der Waals surface area contributed by atoms with Crippen molar-refractivity contribution >= 4 is 28.7 Å². The Bertz CT molecular complexity index is 744. The van der Waals surface area contributed by atoms with Crippen molar-refractivity contribution in [2.45, 2.75) is 32.9 Å². The zero-order valence-corrected chi connectivity index (χ0v) is 15.8. The lowest BCUT2D eigenvalue weighted by atomic mass is 10.1. The third kappa shape index (κ3) is 4.44. The van der Waals surface area contributed by atoms with Crippen LogP contribution in [0, 0.1) is 5.92 Å². The Hall–Kier alpha value is -1.79. The molecular weight excluding hydrogens is 338 g/mol. The first-order chi connectivity index (χ1) is 11.9. The van der Waals surface area contributed by atoms with Gasteiger partial charge in [-0.3, -0.25) is 0 Å². The predicted octanol–water partition coefficient (Wildman–Crippen LogP) is 3.09. The summed E-state index contributed by atoms with van der Waals surface area (Å²) in [5.41, 5.74) is 1.74. The van der Waals surface area contributed by atoms with Crippen molar-refractivity contribution in [3.8, 4) is 0 Å². The molecule has 0 bridgehead atoms. The molecule has 0 spiro atoms. The number of likely N-dealkylation sites (tertiary alicyclic amines) is 1. The smallest absolute Gasteiger partial charge is 0.317 e. The van der Waals surface area contributed by atoms with E-state index in [4.69, 9.17) is 11.6 Å². The molecule has 2 heterocycles. The molecule has 3 rings (SSSR count). The average Bonchev–Trinajstić information content (AvgIpc) is 3.18. The van der Waals surface area contributed by atoms with E-state index in [1.165, 1.54) is 0 Å². The number of carbonyl (C=O) groups is 1. The lowest BCUT2D eigenvalue weighted by Gasteiger charge is -2.21. The second-order valence-corrected chi connectivity index (χ2v) is 7.57. The Morgan fingerprint density at radius 2 is 2.32 bits per heavy atom. The zero-order chi connectivity index (χ0) is 18.0. The highest BCUT2D eigenvalue weighted by Crippen LogP contribution is 2.19. The van der Waals surface area contributed by atoms with Gasteiger partial charge in [0.1, 0.15) is 5.82 Å². The van der Waals surface area contributed by atoms with Crippen LogP contribution in [-0.4, -0.2) is 58.5 Å². The van der Waals surface area contributed by atoms with Crippen molar-refractivity contribution in [3.63, 3.8) is 0 Å². The van der Waals surface area contributed by atoms with Gasteiger partial charge < -0.3 is 20.1 Å². The van der Waals surface area contributed by atoms with Crippen molar-refractivity contribution in [2.75, 3.05) is 26.7 Å². The number of hydrogen-bond acceptors (Lipinski definition) is 3. The minimum absolute atomic E-state index is 0.0681. The third-order valence-corrected chi connectivity index (χ3v) is 5.05. The van der Waals surface area contributed by atoms with E-state index in [9.17, 15) is 4.79 Å². The average molecular weight is 364 g/mol. The van der Waals surface area contributed by atoms with Gasteiger partial charge in [-0.15, -0.1) is 0 Å². The van der Waals surface area contributed by atoms with Gasteiger partial charge in [-0.25, -0.2) is 9.78 Å². The fraction of sp³-hybridized carbons (Fsp3) is 0.556. The number of aromatic amines is 1. The molecule has 7 heteroatoms. The van der Waals surface area contributed by atoms with Crippen molar-refractivity contribution < 1.29 is 4.79 Å². The quantitative estimate of drug-likeness (QED) is 0.858. The molecule has 1 aliphatic rings. The molecule has 0 saturated carbocycles. The van der Waals surface area contributed by atoms with E-state index >= 15 is 0 Å². The number of nitrogens with one attached hydrogen (secondary N) is 2. The molecule has 1 unspecified atom stereocenters.